The third-order valence-corrected chi connectivity index (χ3v) is 4.71. The summed E-state index contributed by atoms with van der Waals surface area (Å²) in [5.74, 6) is 0.853. The van der Waals surface area contributed by atoms with E-state index in [9.17, 15) is 4.79 Å². The van der Waals surface area contributed by atoms with Gasteiger partial charge in [0.1, 0.15) is 0 Å². The predicted octanol–water partition coefficient (Wildman–Crippen LogP) is 2.78. The number of thiophene rings is 1. The van der Waals surface area contributed by atoms with Gasteiger partial charge in [-0.1, -0.05) is 0 Å². The van der Waals surface area contributed by atoms with Crippen molar-refractivity contribution in [2.45, 2.75) is 25.8 Å². The predicted molar refractivity (Wildman–Crippen MR) is 81.8 cm³/mol. The summed E-state index contributed by atoms with van der Waals surface area (Å²) in [5, 5.41) is 8.29. The van der Waals surface area contributed by atoms with Gasteiger partial charge in [0.15, 0.2) is 0 Å². The van der Waals surface area contributed by atoms with Gasteiger partial charge in [-0.3, -0.25) is 4.79 Å². The molecule has 5 nitrogen and oxygen atoms in total. The molecule has 0 aliphatic carbocycles. The molecule has 0 aromatic carbocycles. The number of nitrogens with zero attached hydrogens (tertiary/aromatic N) is 3. The summed E-state index contributed by atoms with van der Waals surface area (Å²) in [7, 11) is 3.52. The molecule has 0 N–H and O–H groups in total. The Bertz CT molecular complexity index is 648. The molecule has 6 heteroatoms. The van der Waals surface area contributed by atoms with Crippen LogP contribution in [0.4, 0.5) is 0 Å². The van der Waals surface area contributed by atoms with Crippen molar-refractivity contribution in [3.05, 3.63) is 33.6 Å². The number of methoxy groups -OCH3 is 1. The minimum atomic E-state index is 0.0565. The number of carbonyl (C=O) groups is 1. The number of aromatic nitrogens is 2. The van der Waals surface area contributed by atoms with E-state index in [1.54, 1.807) is 23.1 Å². The second-order valence-corrected chi connectivity index (χ2v) is 6.08. The first-order valence-electron chi connectivity index (χ1n) is 7.04. The van der Waals surface area contributed by atoms with Crippen LogP contribution in [0.3, 0.4) is 0 Å². The minimum absolute atomic E-state index is 0.0565. The number of hydrogen-bond acceptors (Lipinski definition) is 4. The summed E-state index contributed by atoms with van der Waals surface area (Å²) in [6, 6.07) is 1.94. The van der Waals surface area contributed by atoms with Crippen LogP contribution in [0.2, 0.25) is 0 Å². The van der Waals surface area contributed by atoms with Crippen LogP contribution >= 0.6 is 11.3 Å². The first-order valence-corrected chi connectivity index (χ1v) is 7.98. The van der Waals surface area contributed by atoms with E-state index in [2.05, 4.69) is 5.10 Å². The van der Waals surface area contributed by atoms with Crippen molar-refractivity contribution in [2.24, 2.45) is 7.05 Å². The van der Waals surface area contributed by atoms with E-state index in [1.807, 2.05) is 35.7 Å². The first kappa shape index (κ1) is 14.1. The molecule has 3 heterocycles. The maximum Gasteiger partial charge on any atom is 0.255 e. The van der Waals surface area contributed by atoms with Crippen LogP contribution in [0.5, 0.6) is 5.88 Å². The van der Waals surface area contributed by atoms with E-state index in [1.165, 1.54) is 0 Å². The van der Waals surface area contributed by atoms with Crippen LogP contribution in [0, 0.1) is 6.92 Å². The van der Waals surface area contributed by atoms with Gasteiger partial charge in [0.2, 0.25) is 5.88 Å². The van der Waals surface area contributed by atoms with Gasteiger partial charge in [0, 0.05) is 19.0 Å². The molecule has 0 bridgehead atoms. The highest BCUT2D eigenvalue weighted by atomic mass is 32.1. The molecule has 2 aromatic heterocycles. The van der Waals surface area contributed by atoms with Gasteiger partial charge in [-0.25, -0.2) is 4.68 Å². The number of ether oxygens (including phenoxy) is 1. The van der Waals surface area contributed by atoms with E-state index in [0.29, 0.717) is 0 Å². The summed E-state index contributed by atoms with van der Waals surface area (Å²) >= 11 is 1.55. The van der Waals surface area contributed by atoms with Crippen LogP contribution in [0.25, 0.3) is 0 Å². The Morgan fingerprint density at radius 2 is 2.33 bits per heavy atom. The van der Waals surface area contributed by atoms with E-state index < -0.39 is 0 Å². The van der Waals surface area contributed by atoms with E-state index >= 15 is 0 Å². The Labute approximate surface area is 128 Å². The Morgan fingerprint density at radius 1 is 1.52 bits per heavy atom. The van der Waals surface area contributed by atoms with Crippen molar-refractivity contribution in [3.63, 3.8) is 0 Å². The molecule has 1 aliphatic rings. The molecule has 0 unspecified atom stereocenters. The van der Waals surface area contributed by atoms with Gasteiger partial charge >= 0.3 is 0 Å². The third-order valence-electron chi connectivity index (χ3n) is 4.02. The van der Waals surface area contributed by atoms with Crippen LogP contribution in [0.15, 0.2) is 16.8 Å². The van der Waals surface area contributed by atoms with E-state index in [4.69, 9.17) is 4.74 Å². The fourth-order valence-electron chi connectivity index (χ4n) is 3.14. The van der Waals surface area contributed by atoms with Crippen LogP contribution in [-0.4, -0.2) is 34.2 Å². The molecule has 1 aliphatic heterocycles. The molecule has 112 valence electrons. The van der Waals surface area contributed by atoms with Crippen molar-refractivity contribution < 1.29 is 9.53 Å². The standard InChI is InChI=1S/C15H19N3O2S/c1-10-13(15(20-3)17(2)16-10)12-5-4-7-18(12)14(19)11-6-8-21-9-11/h6,8-9,12H,4-5,7H2,1-3H3/t12-/m0/s1. The van der Waals surface area contributed by atoms with Gasteiger partial charge in [-0.05, 0) is 31.2 Å². The third kappa shape index (κ3) is 2.33. The molecule has 1 fully saturated rings. The number of hydrogen-bond donors (Lipinski definition) is 0. The molecule has 0 spiro atoms. The summed E-state index contributed by atoms with van der Waals surface area (Å²) in [4.78, 5) is 14.6. The van der Waals surface area contributed by atoms with E-state index in [0.717, 1.165) is 42.1 Å². The quantitative estimate of drug-likeness (QED) is 0.876. The van der Waals surface area contributed by atoms with Gasteiger partial charge < -0.3 is 9.64 Å². The first-order chi connectivity index (χ1) is 10.1. The van der Waals surface area contributed by atoms with Gasteiger partial charge in [-0.2, -0.15) is 16.4 Å². The smallest absolute Gasteiger partial charge is 0.255 e. The zero-order valence-electron chi connectivity index (χ0n) is 12.5. The molecule has 0 radical (unpaired) electrons. The summed E-state index contributed by atoms with van der Waals surface area (Å²) in [5.41, 5.74) is 2.75. The van der Waals surface area contributed by atoms with Gasteiger partial charge in [0.05, 0.1) is 30.0 Å². The topological polar surface area (TPSA) is 47.4 Å². The maximum atomic E-state index is 12.7. The highest BCUT2D eigenvalue weighted by Gasteiger charge is 2.35. The Kier molecular flexibility index (Phi) is 3.71. The Balaban J connectivity index is 1.96. The highest BCUT2D eigenvalue weighted by Crippen LogP contribution is 2.39. The number of rotatable bonds is 3. The molecule has 1 amide bonds. The lowest BCUT2D eigenvalue weighted by Gasteiger charge is -2.25. The van der Waals surface area contributed by atoms with Crippen molar-refractivity contribution in [1.82, 2.24) is 14.7 Å². The van der Waals surface area contributed by atoms with Crippen LogP contribution in [0.1, 0.15) is 40.5 Å². The second kappa shape index (κ2) is 5.52. The fourth-order valence-corrected chi connectivity index (χ4v) is 3.77. The largest absolute Gasteiger partial charge is 0.481 e. The summed E-state index contributed by atoms with van der Waals surface area (Å²) in [6.45, 7) is 2.76. The van der Waals surface area contributed by atoms with Crippen LogP contribution < -0.4 is 4.74 Å². The van der Waals surface area contributed by atoms with Crippen molar-refractivity contribution in [2.75, 3.05) is 13.7 Å². The highest BCUT2D eigenvalue weighted by molar-refractivity contribution is 7.08. The fraction of sp³-hybridized carbons (Fsp3) is 0.467. The van der Waals surface area contributed by atoms with E-state index in [-0.39, 0.29) is 11.9 Å². The van der Waals surface area contributed by atoms with Crippen molar-refractivity contribution >= 4 is 17.2 Å². The maximum absolute atomic E-state index is 12.7. The molecular formula is C15H19N3O2S. The number of likely N-dealkylation sites (tertiary alicyclic amines) is 1. The molecular weight excluding hydrogens is 286 g/mol. The molecule has 1 atom stereocenters. The SMILES string of the molecule is COc1c([C@@H]2CCCN2C(=O)c2ccsc2)c(C)nn1C. The lowest BCUT2D eigenvalue weighted by Crippen LogP contribution is -2.30. The number of carbonyl (C=O) groups excluding carboxylic acids is 1. The minimum Gasteiger partial charge on any atom is -0.481 e. The lowest BCUT2D eigenvalue weighted by atomic mass is 10.0. The summed E-state index contributed by atoms with van der Waals surface area (Å²) < 4.78 is 7.24. The average molecular weight is 305 g/mol. The van der Waals surface area contributed by atoms with Crippen molar-refractivity contribution in [1.29, 1.82) is 0 Å². The van der Waals surface area contributed by atoms with Gasteiger partial charge in [0.25, 0.3) is 5.91 Å². The Hall–Kier alpha value is -1.82. The Morgan fingerprint density at radius 3 is 3.00 bits per heavy atom. The number of aryl methyl sites for hydroxylation is 2. The second-order valence-electron chi connectivity index (χ2n) is 5.30. The van der Waals surface area contributed by atoms with Crippen molar-refractivity contribution in [3.8, 4) is 5.88 Å². The molecule has 1 saturated heterocycles. The normalized spacial score (nSPS) is 18.2. The lowest BCUT2D eigenvalue weighted by molar-refractivity contribution is 0.0734. The molecule has 3 rings (SSSR count). The average Bonchev–Trinajstić information content (AvgIpc) is 3.16. The zero-order valence-corrected chi connectivity index (χ0v) is 13.3. The van der Waals surface area contributed by atoms with Crippen LogP contribution in [-0.2, 0) is 7.05 Å². The molecule has 2 aromatic rings. The zero-order chi connectivity index (χ0) is 15.0. The molecule has 0 saturated carbocycles. The molecule has 21 heavy (non-hydrogen) atoms. The monoisotopic (exact) mass is 305 g/mol. The number of amides is 1. The summed E-state index contributed by atoms with van der Waals surface area (Å²) in [6.07, 6.45) is 1.97. The van der Waals surface area contributed by atoms with Gasteiger partial charge in [-0.15, -0.1) is 0 Å².